The molecule has 0 aliphatic carbocycles. The van der Waals surface area contributed by atoms with Gasteiger partial charge in [0.15, 0.2) is 0 Å². The van der Waals surface area contributed by atoms with Crippen LogP contribution in [0, 0.1) is 6.92 Å². The first-order chi connectivity index (χ1) is 12.7. The first-order valence-corrected chi connectivity index (χ1v) is 9.13. The lowest BCUT2D eigenvalue weighted by Crippen LogP contribution is -2.48. The van der Waals surface area contributed by atoms with Gasteiger partial charge in [0.25, 0.3) is 5.91 Å². The molecule has 4 rings (SSSR count). The zero-order chi connectivity index (χ0) is 17.9. The summed E-state index contributed by atoms with van der Waals surface area (Å²) in [6.07, 6.45) is 0. The van der Waals surface area contributed by atoms with Crippen molar-refractivity contribution >= 4 is 16.8 Å². The fraction of sp³-hybridized carbons (Fsp3) is 0.273. The zero-order valence-electron chi connectivity index (χ0n) is 15.1. The van der Waals surface area contributed by atoms with Crippen LogP contribution in [0.4, 0.5) is 0 Å². The number of hydrogen-bond acceptors (Lipinski definition) is 3. The first kappa shape index (κ1) is 16.7. The zero-order valence-corrected chi connectivity index (χ0v) is 15.1. The van der Waals surface area contributed by atoms with Crippen LogP contribution in [0.15, 0.2) is 60.7 Å². The van der Waals surface area contributed by atoms with Crippen molar-refractivity contribution in [1.29, 1.82) is 0 Å². The molecule has 1 amide bonds. The monoisotopic (exact) mass is 345 g/mol. The van der Waals surface area contributed by atoms with E-state index in [0.29, 0.717) is 5.69 Å². The Balaban J connectivity index is 1.40. The van der Waals surface area contributed by atoms with Crippen molar-refractivity contribution in [3.63, 3.8) is 0 Å². The Morgan fingerprint density at radius 1 is 0.923 bits per heavy atom. The van der Waals surface area contributed by atoms with Gasteiger partial charge in [-0.2, -0.15) is 0 Å². The highest BCUT2D eigenvalue weighted by atomic mass is 16.2. The van der Waals surface area contributed by atoms with Gasteiger partial charge < -0.3 is 4.90 Å². The summed E-state index contributed by atoms with van der Waals surface area (Å²) in [6.45, 7) is 6.39. The third-order valence-corrected chi connectivity index (χ3v) is 5.13. The number of carbonyl (C=O) groups is 1. The number of fused-ring (bicyclic) bond motifs is 1. The molecule has 1 fully saturated rings. The highest BCUT2D eigenvalue weighted by Gasteiger charge is 2.23. The fourth-order valence-electron chi connectivity index (χ4n) is 3.48. The highest BCUT2D eigenvalue weighted by Crippen LogP contribution is 2.16. The molecule has 1 saturated heterocycles. The van der Waals surface area contributed by atoms with E-state index in [2.05, 4.69) is 41.1 Å². The normalized spacial score (nSPS) is 15.3. The van der Waals surface area contributed by atoms with Crippen molar-refractivity contribution in [2.75, 3.05) is 26.2 Å². The fourth-order valence-corrected chi connectivity index (χ4v) is 3.48. The molecule has 2 aromatic carbocycles. The Kier molecular flexibility index (Phi) is 4.67. The minimum absolute atomic E-state index is 0.0336. The molecule has 4 heteroatoms. The second-order valence-corrected chi connectivity index (χ2v) is 6.88. The maximum atomic E-state index is 12.8. The predicted octanol–water partition coefficient (Wildman–Crippen LogP) is 3.50. The summed E-state index contributed by atoms with van der Waals surface area (Å²) in [4.78, 5) is 21.7. The summed E-state index contributed by atoms with van der Waals surface area (Å²) in [7, 11) is 0. The molecule has 1 aliphatic rings. The van der Waals surface area contributed by atoms with Crippen molar-refractivity contribution in [2.24, 2.45) is 0 Å². The molecule has 0 saturated carbocycles. The van der Waals surface area contributed by atoms with Crippen LogP contribution < -0.4 is 0 Å². The number of rotatable bonds is 3. The number of nitrogens with zero attached hydrogens (tertiary/aromatic N) is 3. The lowest BCUT2D eigenvalue weighted by Gasteiger charge is -2.34. The minimum Gasteiger partial charge on any atom is -0.335 e. The number of para-hydroxylation sites is 1. The summed E-state index contributed by atoms with van der Waals surface area (Å²) >= 11 is 0. The van der Waals surface area contributed by atoms with E-state index in [0.717, 1.165) is 43.6 Å². The van der Waals surface area contributed by atoms with Gasteiger partial charge in [0.1, 0.15) is 5.69 Å². The molecule has 3 aromatic rings. The number of hydrogen-bond donors (Lipinski definition) is 0. The van der Waals surface area contributed by atoms with Crippen LogP contribution in [0.3, 0.4) is 0 Å². The van der Waals surface area contributed by atoms with Crippen LogP contribution in [0.1, 0.15) is 21.6 Å². The van der Waals surface area contributed by atoms with Crippen molar-refractivity contribution < 1.29 is 4.79 Å². The standard InChI is InChI=1S/C22H23N3O/c1-17-6-2-3-8-19(17)16-24-12-14-25(15-13-24)22(26)21-11-10-18-7-4-5-9-20(18)23-21/h2-11H,12-16H2,1H3. The SMILES string of the molecule is Cc1ccccc1CN1CCN(C(=O)c2ccc3ccccc3n2)CC1. The smallest absolute Gasteiger partial charge is 0.272 e. The van der Waals surface area contributed by atoms with E-state index in [9.17, 15) is 4.79 Å². The van der Waals surface area contributed by atoms with Crippen molar-refractivity contribution in [3.05, 3.63) is 77.5 Å². The number of pyridine rings is 1. The van der Waals surface area contributed by atoms with Crippen LogP contribution in [-0.4, -0.2) is 46.9 Å². The van der Waals surface area contributed by atoms with Crippen LogP contribution in [0.5, 0.6) is 0 Å². The molecule has 0 N–H and O–H groups in total. The molecule has 0 bridgehead atoms. The molecule has 1 aromatic heterocycles. The Bertz CT molecular complexity index is 929. The largest absolute Gasteiger partial charge is 0.335 e. The third-order valence-electron chi connectivity index (χ3n) is 5.13. The number of benzene rings is 2. The summed E-state index contributed by atoms with van der Waals surface area (Å²) in [5.74, 6) is 0.0336. The molecular formula is C22H23N3O. The van der Waals surface area contributed by atoms with E-state index in [1.165, 1.54) is 11.1 Å². The molecule has 2 heterocycles. The molecule has 4 nitrogen and oxygen atoms in total. The Morgan fingerprint density at radius 3 is 2.46 bits per heavy atom. The van der Waals surface area contributed by atoms with Gasteiger partial charge in [-0.3, -0.25) is 9.69 Å². The molecular weight excluding hydrogens is 322 g/mol. The van der Waals surface area contributed by atoms with E-state index in [1.54, 1.807) is 0 Å². The van der Waals surface area contributed by atoms with Gasteiger partial charge in [0.2, 0.25) is 0 Å². The molecule has 0 spiro atoms. The summed E-state index contributed by atoms with van der Waals surface area (Å²) in [5.41, 5.74) is 4.10. The van der Waals surface area contributed by atoms with Gasteiger partial charge in [0, 0.05) is 38.1 Å². The molecule has 0 radical (unpaired) electrons. The lowest BCUT2D eigenvalue weighted by molar-refractivity contribution is 0.0623. The van der Waals surface area contributed by atoms with Gasteiger partial charge >= 0.3 is 0 Å². The minimum atomic E-state index is 0.0336. The van der Waals surface area contributed by atoms with Crippen LogP contribution in [0.2, 0.25) is 0 Å². The summed E-state index contributed by atoms with van der Waals surface area (Å²) in [5, 5.41) is 1.06. The molecule has 0 atom stereocenters. The number of carbonyl (C=O) groups excluding carboxylic acids is 1. The Hall–Kier alpha value is -2.72. The quantitative estimate of drug-likeness (QED) is 0.729. The number of amides is 1. The second kappa shape index (κ2) is 7.26. The predicted molar refractivity (Wildman–Crippen MR) is 104 cm³/mol. The van der Waals surface area contributed by atoms with E-state index in [-0.39, 0.29) is 5.91 Å². The second-order valence-electron chi connectivity index (χ2n) is 6.88. The number of aryl methyl sites for hydroxylation is 1. The van der Waals surface area contributed by atoms with Crippen LogP contribution >= 0.6 is 0 Å². The number of piperazine rings is 1. The lowest BCUT2D eigenvalue weighted by atomic mass is 10.1. The Morgan fingerprint density at radius 2 is 1.65 bits per heavy atom. The molecule has 1 aliphatic heterocycles. The van der Waals surface area contributed by atoms with Crippen LogP contribution in [-0.2, 0) is 6.54 Å². The van der Waals surface area contributed by atoms with Gasteiger partial charge in [-0.25, -0.2) is 4.98 Å². The van der Waals surface area contributed by atoms with Crippen LogP contribution in [0.25, 0.3) is 10.9 Å². The van der Waals surface area contributed by atoms with Crippen molar-refractivity contribution in [3.8, 4) is 0 Å². The van der Waals surface area contributed by atoms with Gasteiger partial charge in [-0.15, -0.1) is 0 Å². The van der Waals surface area contributed by atoms with E-state index in [4.69, 9.17) is 0 Å². The van der Waals surface area contributed by atoms with E-state index < -0.39 is 0 Å². The van der Waals surface area contributed by atoms with Crippen molar-refractivity contribution in [2.45, 2.75) is 13.5 Å². The topological polar surface area (TPSA) is 36.4 Å². The van der Waals surface area contributed by atoms with E-state index >= 15 is 0 Å². The number of aromatic nitrogens is 1. The van der Waals surface area contributed by atoms with Gasteiger partial charge in [-0.1, -0.05) is 48.5 Å². The van der Waals surface area contributed by atoms with E-state index in [1.807, 2.05) is 41.3 Å². The maximum Gasteiger partial charge on any atom is 0.272 e. The average molecular weight is 345 g/mol. The van der Waals surface area contributed by atoms with Gasteiger partial charge in [-0.05, 0) is 30.2 Å². The maximum absolute atomic E-state index is 12.8. The molecule has 132 valence electrons. The van der Waals surface area contributed by atoms with Gasteiger partial charge in [0.05, 0.1) is 5.52 Å². The Labute approximate surface area is 154 Å². The third kappa shape index (κ3) is 3.46. The molecule has 26 heavy (non-hydrogen) atoms. The summed E-state index contributed by atoms with van der Waals surface area (Å²) in [6, 6.07) is 20.2. The highest BCUT2D eigenvalue weighted by molar-refractivity contribution is 5.95. The van der Waals surface area contributed by atoms with Crippen molar-refractivity contribution in [1.82, 2.24) is 14.8 Å². The summed E-state index contributed by atoms with van der Waals surface area (Å²) < 4.78 is 0. The first-order valence-electron chi connectivity index (χ1n) is 9.13. The molecule has 0 unspecified atom stereocenters. The average Bonchev–Trinajstić information content (AvgIpc) is 2.69.